The van der Waals surface area contributed by atoms with Crippen LogP contribution in [0.2, 0.25) is 0 Å². The van der Waals surface area contributed by atoms with Gasteiger partial charge in [-0.3, -0.25) is 0 Å². The maximum atomic E-state index is 5.45. The molecule has 1 aliphatic heterocycles. The summed E-state index contributed by atoms with van der Waals surface area (Å²) in [7, 11) is 0. The summed E-state index contributed by atoms with van der Waals surface area (Å²) >= 11 is 0. The smallest absolute Gasteiger partial charge is 0.179 e. The molecule has 188 valence electrons. The molecule has 1 aromatic heterocycles. The second kappa shape index (κ2) is 10.5. The lowest BCUT2D eigenvalue weighted by molar-refractivity contribution is 0.660. The van der Waals surface area contributed by atoms with Crippen LogP contribution in [-0.4, -0.2) is 16.1 Å². The zero-order valence-corrected chi connectivity index (χ0v) is 22.0. The summed E-state index contributed by atoms with van der Waals surface area (Å²) in [5, 5.41) is 0. The first-order chi connectivity index (χ1) is 18.8. The second-order valence-corrected chi connectivity index (χ2v) is 9.64. The van der Waals surface area contributed by atoms with E-state index >= 15 is 0 Å². The summed E-state index contributed by atoms with van der Waals surface area (Å²) in [6.45, 7) is 4.49. The molecule has 0 spiro atoms. The maximum absolute atomic E-state index is 5.45. The van der Waals surface area contributed by atoms with Gasteiger partial charge in [0.15, 0.2) is 11.6 Å². The monoisotopic (exact) mass is 496 g/mol. The highest BCUT2D eigenvalue weighted by Gasteiger charge is 2.41. The van der Waals surface area contributed by atoms with Crippen LogP contribution in [0.5, 0.6) is 0 Å². The molecule has 0 saturated carbocycles. The van der Waals surface area contributed by atoms with Crippen LogP contribution in [0.1, 0.15) is 32.3 Å². The van der Waals surface area contributed by atoms with Gasteiger partial charge in [0, 0.05) is 22.5 Å². The second-order valence-electron chi connectivity index (χ2n) is 9.64. The van der Waals surface area contributed by atoms with Gasteiger partial charge in [-0.05, 0) is 36.6 Å². The molecule has 0 bridgehead atoms. The fourth-order valence-electron chi connectivity index (χ4n) is 5.48. The van der Waals surface area contributed by atoms with Crippen molar-refractivity contribution in [3.63, 3.8) is 0 Å². The first kappa shape index (κ1) is 23.9. The van der Waals surface area contributed by atoms with Crippen molar-refractivity contribution >= 4 is 23.0 Å². The Bertz CT molecular complexity index is 1520. The fourth-order valence-corrected chi connectivity index (χ4v) is 5.48. The third-order valence-corrected chi connectivity index (χ3v) is 7.18. The Kier molecular flexibility index (Phi) is 6.62. The predicted molar refractivity (Wildman–Crippen MR) is 158 cm³/mol. The number of aromatic nitrogens is 2. The van der Waals surface area contributed by atoms with Crippen molar-refractivity contribution in [2.45, 2.75) is 39.3 Å². The lowest BCUT2D eigenvalue weighted by atomic mass is 10.0. The Morgan fingerprint density at radius 2 is 1.08 bits per heavy atom. The van der Waals surface area contributed by atoms with Crippen LogP contribution in [-0.2, 0) is 6.42 Å². The van der Waals surface area contributed by atoms with Crippen LogP contribution in [0.4, 0.5) is 23.0 Å². The number of hydrogen-bond acceptors (Lipinski definition) is 4. The molecule has 0 N–H and O–H groups in total. The lowest BCUT2D eigenvalue weighted by Crippen LogP contribution is -2.38. The van der Waals surface area contributed by atoms with Crippen molar-refractivity contribution in [1.29, 1.82) is 0 Å². The number of nitrogens with zero attached hydrogens (tertiary/aromatic N) is 4. The fraction of sp³-hybridized carbons (Fsp3) is 0.176. The molecule has 6 rings (SSSR count). The molecular weight excluding hydrogens is 464 g/mol. The van der Waals surface area contributed by atoms with Crippen LogP contribution in [0.15, 0.2) is 115 Å². The van der Waals surface area contributed by atoms with Gasteiger partial charge in [-0.2, -0.15) is 0 Å². The Balaban J connectivity index is 1.66. The van der Waals surface area contributed by atoms with Gasteiger partial charge in [0.1, 0.15) is 6.17 Å². The van der Waals surface area contributed by atoms with E-state index in [1.54, 1.807) is 0 Å². The quantitative estimate of drug-likeness (QED) is 0.225. The van der Waals surface area contributed by atoms with E-state index in [0.29, 0.717) is 0 Å². The average molecular weight is 497 g/mol. The molecule has 4 aromatic carbocycles. The Morgan fingerprint density at radius 3 is 1.63 bits per heavy atom. The molecule has 1 atom stereocenters. The summed E-state index contributed by atoms with van der Waals surface area (Å²) in [5.41, 5.74) is 7.60. The molecule has 1 aliphatic rings. The van der Waals surface area contributed by atoms with Gasteiger partial charge in [-0.15, -0.1) is 0 Å². The molecule has 1 unspecified atom stereocenters. The number of rotatable bonds is 7. The molecule has 5 aromatic rings. The van der Waals surface area contributed by atoms with Crippen molar-refractivity contribution in [3.05, 3.63) is 121 Å². The third-order valence-electron chi connectivity index (χ3n) is 7.18. The van der Waals surface area contributed by atoms with Crippen LogP contribution in [0.3, 0.4) is 0 Å². The number of benzene rings is 4. The minimum atomic E-state index is 0.0556. The number of para-hydroxylation sites is 2. The molecule has 0 aliphatic carbocycles. The van der Waals surface area contributed by atoms with Crippen molar-refractivity contribution < 1.29 is 0 Å². The van der Waals surface area contributed by atoms with Crippen LogP contribution in [0.25, 0.3) is 22.5 Å². The van der Waals surface area contributed by atoms with Crippen molar-refractivity contribution in [2.75, 3.05) is 9.80 Å². The van der Waals surface area contributed by atoms with E-state index in [1.807, 2.05) is 12.1 Å². The van der Waals surface area contributed by atoms with E-state index in [0.717, 1.165) is 59.1 Å². The van der Waals surface area contributed by atoms with Crippen molar-refractivity contribution in [1.82, 2.24) is 9.97 Å². The summed E-state index contributed by atoms with van der Waals surface area (Å²) < 4.78 is 0. The molecule has 0 fully saturated rings. The molecule has 38 heavy (non-hydrogen) atoms. The molecular formula is C34H32N4. The normalized spacial score (nSPS) is 14.5. The van der Waals surface area contributed by atoms with Crippen LogP contribution in [0, 0.1) is 0 Å². The molecule has 0 radical (unpaired) electrons. The first-order valence-electron chi connectivity index (χ1n) is 13.5. The average Bonchev–Trinajstić information content (AvgIpc) is 3.31. The summed E-state index contributed by atoms with van der Waals surface area (Å²) in [5.74, 6) is 1.80. The molecule has 0 saturated heterocycles. The van der Waals surface area contributed by atoms with Crippen LogP contribution < -0.4 is 9.80 Å². The van der Waals surface area contributed by atoms with E-state index < -0.39 is 0 Å². The highest BCUT2D eigenvalue weighted by Crippen LogP contribution is 2.49. The molecule has 4 nitrogen and oxygen atoms in total. The number of hydrogen-bond donors (Lipinski definition) is 0. The van der Waals surface area contributed by atoms with Gasteiger partial charge in [-0.25, -0.2) is 9.97 Å². The van der Waals surface area contributed by atoms with E-state index in [-0.39, 0.29) is 6.17 Å². The van der Waals surface area contributed by atoms with Gasteiger partial charge in [-0.1, -0.05) is 117 Å². The van der Waals surface area contributed by atoms with Gasteiger partial charge in [0.25, 0.3) is 0 Å². The van der Waals surface area contributed by atoms with Gasteiger partial charge in [0.2, 0.25) is 0 Å². The highest BCUT2D eigenvalue weighted by molar-refractivity contribution is 5.89. The minimum Gasteiger partial charge on any atom is -0.302 e. The Hall–Kier alpha value is -4.44. The van der Waals surface area contributed by atoms with Crippen molar-refractivity contribution in [3.8, 4) is 22.5 Å². The number of anilines is 4. The van der Waals surface area contributed by atoms with E-state index in [9.17, 15) is 0 Å². The maximum Gasteiger partial charge on any atom is 0.179 e. The number of fused-ring (bicyclic) bond motifs is 1. The first-order valence-corrected chi connectivity index (χ1v) is 13.5. The minimum absolute atomic E-state index is 0.0556. The molecule has 0 amide bonds. The largest absolute Gasteiger partial charge is 0.302 e. The van der Waals surface area contributed by atoms with E-state index in [2.05, 4.69) is 127 Å². The Morgan fingerprint density at radius 1 is 0.579 bits per heavy atom. The molecule has 4 heteroatoms. The Labute approximate surface area is 225 Å². The van der Waals surface area contributed by atoms with Crippen molar-refractivity contribution in [2.24, 2.45) is 0 Å². The zero-order chi connectivity index (χ0) is 25.9. The zero-order valence-electron chi connectivity index (χ0n) is 22.0. The SMILES string of the molecule is CCCc1ccccc1N1c2nc(-c3ccccc3)c(-c3ccccc3)nc2N(c2ccccc2)C1CC. The van der Waals surface area contributed by atoms with E-state index in [1.165, 1.54) is 11.3 Å². The lowest BCUT2D eigenvalue weighted by Gasteiger charge is -2.32. The summed E-state index contributed by atoms with van der Waals surface area (Å²) in [6, 6.07) is 40.2. The predicted octanol–water partition coefficient (Wildman–Crippen LogP) is 8.79. The van der Waals surface area contributed by atoms with E-state index in [4.69, 9.17) is 9.97 Å². The van der Waals surface area contributed by atoms with Gasteiger partial charge >= 0.3 is 0 Å². The standard InChI is InChI=1S/C34H32N4/c1-3-16-25-17-14-15-24-29(25)38-30(4-2)37(28-22-12-7-13-23-28)33-34(38)36-32(27-20-10-6-11-21-27)31(35-33)26-18-8-5-9-19-26/h5-15,17-24,30H,3-4,16H2,1-2H3. The van der Waals surface area contributed by atoms with Crippen LogP contribution >= 0.6 is 0 Å². The highest BCUT2D eigenvalue weighted by atomic mass is 15.5. The summed E-state index contributed by atoms with van der Waals surface area (Å²) in [4.78, 5) is 15.7. The number of aryl methyl sites for hydroxylation is 1. The third kappa shape index (κ3) is 4.22. The van der Waals surface area contributed by atoms with Gasteiger partial charge < -0.3 is 9.80 Å². The molecule has 2 heterocycles. The topological polar surface area (TPSA) is 32.3 Å². The van der Waals surface area contributed by atoms with Gasteiger partial charge in [0.05, 0.1) is 11.4 Å². The summed E-state index contributed by atoms with van der Waals surface area (Å²) in [6.07, 6.45) is 3.07.